The molecule has 0 fully saturated rings. The zero-order chi connectivity index (χ0) is 16.8. The van der Waals surface area contributed by atoms with Crippen LogP contribution in [0.5, 0.6) is 0 Å². The van der Waals surface area contributed by atoms with Gasteiger partial charge in [-0.2, -0.15) is 0 Å². The van der Waals surface area contributed by atoms with E-state index < -0.39 is 11.5 Å². The molecular weight excluding hydrogens is 316 g/mol. The normalized spacial score (nSPS) is 21.7. The lowest BCUT2D eigenvalue weighted by atomic mass is 9.83. The van der Waals surface area contributed by atoms with E-state index in [4.69, 9.17) is 16.3 Å². The second kappa shape index (κ2) is 5.49. The number of hydrogen-bond acceptors (Lipinski definition) is 4. The monoisotopic (exact) mass is 332 g/mol. The van der Waals surface area contributed by atoms with Crippen LogP contribution in [-0.4, -0.2) is 21.8 Å². The van der Waals surface area contributed by atoms with Crippen LogP contribution in [0.3, 0.4) is 0 Å². The smallest absolute Gasteiger partial charge is 0.303 e. The summed E-state index contributed by atoms with van der Waals surface area (Å²) in [6, 6.07) is 5.30. The summed E-state index contributed by atoms with van der Waals surface area (Å²) < 4.78 is 7.38. The summed E-state index contributed by atoms with van der Waals surface area (Å²) in [6.07, 6.45) is 3.44. The fraction of sp³-hybridized carbons (Fsp3) is 0.353. The van der Waals surface area contributed by atoms with E-state index in [-0.39, 0.29) is 12.0 Å². The summed E-state index contributed by atoms with van der Waals surface area (Å²) in [6.45, 7) is 5.38. The van der Waals surface area contributed by atoms with Crippen LogP contribution in [0.2, 0.25) is 5.02 Å². The molecule has 3 rings (SSSR count). The predicted molar refractivity (Wildman–Crippen MR) is 85.5 cm³/mol. The third kappa shape index (κ3) is 2.36. The Bertz CT molecular complexity index is 782. The molecule has 6 heteroatoms. The number of halogens is 1. The first kappa shape index (κ1) is 15.7. The second-order valence-corrected chi connectivity index (χ2v) is 6.71. The highest BCUT2D eigenvalue weighted by Gasteiger charge is 2.51. The number of esters is 1. The topological polar surface area (TPSA) is 61.2 Å². The van der Waals surface area contributed by atoms with Gasteiger partial charge in [0.2, 0.25) is 0 Å². The summed E-state index contributed by atoms with van der Waals surface area (Å²) in [5, 5.41) is 0.584. The molecule has 1 aliphatic rings. The van der Waals surface area contributed by atoms with Gasteiger partial charge in [-0.05, 0) is 11.6 Å². The Morgan fingerprint density at radius 1 is 1.43 bits per heavy atom. The molecule has 0 spiro atoms. The number of hydrogen-bond donors (Lipinski definition) is 0. The van der Waals surface area contributed by atoms with Crippen LogP contribution in [0.1, 0.15) is 54.5 Å². The summed E-state index contributed by atoms with van der Waals surface area (Å²) >= 11 is 6.44. The van der Waals surface area contributed by atoms with E-state index in [2.05, 4.69) is 4.98 Å². The van der Waals surface area contributed by atoms with E-state index in [9.17, 15) is 9.59 Å². The van der Waals surface area contributed by atoms with Gasteiger partial charge in [0.15, 0.2) is 6.29 Å². The van der Waals surface area contributed by atoms with Crippen molar-refractivity contribution in [2.75, 3.05) is 0 Å². The van der Waals surface area contributed by atoms with Crippen LogP contribution in [0.15, 0.2) is 30.7 Å². The maximum Gasteiger partial charge on any atom is 0.303 e. The molecule has 1 aromatic carbocycles. The maximum atomic E-state index is 11.6. The lowest BCUT2D eigenvalue weighted by Gasteiger charge is -2.33. The van der Waals surface area contributed by atoms with Crippen molar-refractivity contribution in [1.82, 2.24) is 9.55 Å². The number of nitrogens with zero attached hydrogens (tertiary/aromatic N) is 2. The predicted octanol–water partition coefficient (Wildman–Crippen LogP) is 3.58. The third-order valence-electron chi connectivity index (χ3n) is 4.40. The van der Waals surface area contributed by atoms with Gasteiger partial charge < -0.3 is 9.30 Å². The third-order valence-corrected chi connectivity index (χ3v) is 4.73. The fourth-order valence-electron chi connectivity index (χ4n) is 3.49. The van der Waals surface area contributed by atoms with Crippen LogP contribution >= 0.6 is 11.6 Å². The maximum absolute atomic E-state index is 11.6. The first-order valence-electron chi connectivity index (χ1n) is 7.30. The van der Waals surface area contributed by atoms with Crippen LogP contribution in [0.25, 0.3) is 0 Å². The Morgan fingerprint density at radius 2 is 2.17 bits per heavy atom. The Hall–Kier alpha value is -2.14. The largest absolute Gasteiger partial charge is 0.457 e. The Labute approximate surface area is 139 Å². The van der Waals surface area contributed by atoms with E-state index in [1.807, 2.05) is 26.0 Å². The molecule has 2 aromatic rings. The quantitative estimate of drug-likeness (QED) is 0.636. The number of carbonyl (C=O) groups is 2. The Kier molecular flexibility index (Phi) is 3.76. The number of benzene rings is 1. The minimum absolute atomic E-state index is 0.252. The van der Waals surface area contributed by atoms with E-state index in [1.54, 1.807) is 17.0 Å². The van der Waals surface area contributed by atoms with Crippen molar-refractivity contribution < 1.29 is 14.3 Å². The van der Waals surface area contributed by atoms with Crippen molar-refractivity contribution in [3.63, 3.8) is 0 Å². The Morgan fingerprint density at radius 3 is 2.83 bits per heavy atom. The van der Waals surface area contributed by atoms with Gasteiger partial charge in [0.05, 0.1) is 18.6 Å². The lowest BCUT2D eigenvalue weighted by Crippen LogP contribution is -2.30. The highest BCUT2D eigenvalue weighted by atomic mass is 35.5. The Balaban J connectivity index is 2.24. The van der Waals surface area contributed by atoms with E-state index >= 15 is 0 Å². The first-order valence-corrected chi connectivity index (χ1v) is 7.68. The van der Waals surface area contributed by atoms with Crippen molar-refractivity contribution in [2.45, 2.75) is 32.9 Å². The second-order valence-electron chi connectivity index (χ2n) is 6.30. The van der Waals surface area contributed by atoms with Gasteiger partial charge in [-0.1, -0.05) is 37.6 Å². The van der Waals surface area contributed by atoms with Gasteiger partial charge in [-0.15, -0.1) is 0 Å². The molecule has 1 heterocycles. The molecule has 2 unspecified atom stereocenters. The average molecular weight is 333 g/mol. The number of imidazole rings is 1. The molecule has 0 radical (unpaired) electrons. The number of fused-ring (bicyclic) bond motifs is 1. The summed E-state index contributed by atoms with van der Waals surface area (Å²) in [7, 11) is 0. The molecule has 0 N–H and O–H groups in total. The van der Waals surface area contributed by atoms with Crippen LogP contribution in [0.4, 0.5) is 0 Å². The van der Waals surface area contributed by atoms with Crippen molar-refractivity contribution in [3.05, 3.63) is 52.6 Å². The standard InChI is InChI=1S/C17H17ClN2O3/c1-10(22)23-16-12-5-4-6-13(18)14(12)15(17(16,2)3)20-9-19-7-11(20)8-21/h4-9,15-16H,1-3H3. The molecule has 2 atom stereocenters. The molecule has 1 aromatic heterocycles. The van der Waals surface area contributed by atoms with Crippen molar-refractivity contribution in [2.24, 2.45) is 5.41 Å². The molecule has 5 nitrogen and oxygen atoms in total. The molecule has 0 bridgehead atoms. The van der Waals surface area contributed by atoms with Crippen LogP contribution in [-0.2, 0) is 9.53 Å². The average Bonchev–Trinajstić information content (AvgIpc) is 3.01. The number of aldehydes is 1. The summed E-state index contributed by atoms with van der Waals surface area (Å²) in [5.41, 5.74) is 1.70. The molecular formula is C17H17ClN2O3. The zero-order valence-electron chi connectivity index (χ0n) is 13.1. The van der Waals surface area contributed by atoms with E-state index in [0.717, 1.165) is 17.4 Å². The van der Waals surface area contributed by atoms with Crippen molar-refractivity contribution in [1.29, 1.82) is 0 Å². The molecule has 120 valence electrons. The van der Waals surface area contributed by atoms with Crippen molar-refractivity contribution >= 4 is 23.9 Å². The SMILES string of the molecule is CC(=O)OC1c2cccc(Cl)c2C(n2cncc2C=O)C1(C)C. The fourth-order valence-corrected chi connectivity index (χ4v) is 3.77. The molecule has 0 saturated heterocycles. The summed E-state index contributed by atoms with van der Waals surface area (Å²) in [4.78, 5) is 27.0. The number of rotatable bonds is 3. The minimum Gasteiger partial charge on any atom is -0.457 e. The van der Waals surface area contributed by atoms with Gasteiger partial charge in [-0.3, -0.25) is 9.59 Å². The minimum atomic E-state index is -0.489. The molecule has 0 amide bonds. The molecule has 1 aliphatic carbocycles. The number of ether oxygens (including phenoxy) is 1. The van der Waals surface area contributed by atoms with Gasteiger partial charge in [0, 0.05) is 22.9 Å². The van der Waals surface area contributed by atoms with Gasteiger partial charge in [-0.25, -0.2) is 4.98 Å². The number of aromatic nitrogens is 2. The number of carbonyl (C=O) groups excluding carboxylic acids is 2. The van der Waals surface area contributed by atoms with Crippen molar-refractivity contribution in [3.8, 4) is 0 Å². The molecule has 23 heavy (non-hydrogen) atoms. The first-order chi connectivity index (χ1) is 10.9. The zero-order valence-corrected chi connectivity index (χ0v) is 13.9. The lowest BCUT2D eigenvalue weighted by molar-refractivity contribution is -0.153. The van der Waals surface area contributed by atoms with Gasteiger partial charge in [0.25, 0.3) is 0 Å². The summed E-state index contributed by atoms with van der Waals surface area (Å²) in [5.74, 6) is -0.351. The highest BCUT2D eigenvalue weighted by Crippen LogP contribution is 2.57. The van der Waals surface area contributed by atoms with Crippen LogP contribution < -0.4 is 0 Å². The van der Waals surface area contributed by atoms with Crippen LogP contribution in [0, 0.1) is 5.41 Å². The van der Waals surface area contributed by atoms with Gasteiger partial charge >= 0.3 is 5.97 Å². The van der Waals surface area contributed by atoms with Gasteiger partial charge in [0.1, 0.15) is 11.8 Å². The highest BCUT2D eigenvalue weighted by molar-refractivity contribution is 6.31. The molecule has 0 saturated carbocycles. The van der Waals surface area contributed by atoms with E-state index in [0.29, 0.717) is 10.7 Å². The van der Waals surface area contributed by atoms with E-state index in [1.165, 1.54) is 13.1 Å². The molecule has 0 aliphatic heterocycles.